The average Bonchev–Trinajstić information content (AvgIpc) is 1.93. The van der Waals surface area contributed by atoms with Gasteiger partial charge in [-0.2, -0.15) is 0 Å². The fourth-order valence-electron chi connectivity index (χ4n) is 0.857. The van der Waals surface area contributed by atoms with Crippen LogP contribution in [0.1, 0.15) is 12.6 Å². The third-order valence-electron chi connectivity index (χ3n) is 1.32. The summed E-state index contributed by atoms with van der Waals surface area (Å²) < 4.78 is 12.3. The number of nitrogens with zero attached hydrogens (tertiary/aromatic N) is 1. The topological polar surface area (TPSA) is 38.9 Å². The Kier molecular flexibility index (Phi) is 2.54. The molecule has 0 fully saturated rings. The second-order valence-electron chi connectivity index (χ2n) is 2.65. The normalized spacial score (nSPS) is 13.0. The highest BCUT2D eigenvalue weighted by Gasteiger charge is 1.98. The minimum Gasteiger partial charge on any atom is -0.328 e. The summed E-state index contributed by atoms with van der Waals surface area (Å²) in [6.45, 7) is 1.89. The van der Waals surface area contributed by atoms with Gasteiger partial charge in [0.05, 0.1) is 6.20 Å². The van der Waals surface area contributed by atoms with E-state index in [1.165, 1.54) is 12.3 Å². The molecule has 0 aromatic carbocycles. The average molecular weight is 154 g/mol. The van der Waals surface area contributed by atoms with Gasteiger partial charge in [0.1, 0.15) is 5.82 Å². The maximum absolute atomic E-state index is 12.3. The molecule has 0 amide bonds. The molecule has 1 rings (SSSR count). The maximum Gasteiger partial charge on any atom is 0.141 e. The van der Waals surface area contributed by atoms with Gasteiger partial charge in [-0.3, -0.25) is 4.98 Å². The van der Waals surface area contributed by atoms with Crippen molar-refractivity contribution >= 4 is 0 Å². The highest BCUT2D eigenvalue weighted by molar-refractivity contribution is 5.06. The lowest BCUT2D eigenvalue weighted by atomic mass is 10.2. The fourth-order valence-corrected chi connectivity index (χ4v) is 0.857. The highest BCUT2D eigenvalue weighted by atomic mass is 19.1. The Morgan fingerprint density at radius 2 is 2.36 bits per heavy atom. The first-order valence-corrected chi connectivity index (χ1v) is 3.54. The lowest BCUT2D eigenvalue weighted by Gasteiger charge is -2.02. The standard InChI is InChI=1S/C8H11FN2/c1-6(10)4-8-3-2-7(9)5-11-8/h2-3,5-6H,4,10H2,1H3. The van der Waals surface area contributed by atoms with Crippen LogP contribution in [0.2, 0.25) is 0 Å². The number of hydrogen-bond donors (Lipinski definition) is 1. The van der Waals surface area contributed by atoms with Crippen molar-refractivity contribution in [2.24, 2.45) is 5.73 Å². The van der Waals surface area contributed by atoms with E-state index >= 15 is 0 Å². The zero-order valence-electron chi connectivity index (χ0n) is 6.42. The van der Waals surface area contributed by atoms with Crippen LogP contribution >= 0.6 is 0 Å². The van der Waals surface area contributed by atoms with Gasteiger partial charge < -0.3 is 5.73 Å². The van der Waals surface area contributed by atoms with Crippen molar-refractivity contribution in [1.82, 2.24) is 4.98 Å². The molecule has 60 valence electrons. The first-order chi connectivity index (χ1) is 5.18. The Bertz CT molecular complexity index is 218. The molecule has 0 saturated carbocycles. The lowest BCUT2D eigenvalue weighted by molar-refractivity contribution is 0.616. The minimum absolute atomic E-state index is 0.0768. The lowest BCUT2D eigenvalue weighted by Crippen LogP contribution is -2.18. The molecular weight excluding hydrogens is 143 g/mol. The third kappa shape index (κ3) is 2.63. The van der Waals surface area contributed by atoms with E-state index in [1.807, 2.05) is 6.92 Å². The van der Waals surface area contributed by atoms with Crippen LogP contribution in [0.15, 0.2) is 18.3 Å². The van der Waals surface area contributed by atoms with Crippen molar-refractivity contribution in [3.8, 4) is 0 Å². The summed E-state index contributed by atoms with van der Waals surface area (Å²) in [6, 6.07) is 3.12. The van der Waals surface area contributed by atoms with Crippen LogP contribution in [0.25, 0.3) is 0 Å². The summed E-state index contributed by atoms with van der Waals surface area (Å²) in [4.78, 5) is 3.86. The Balaban J connectivity index is 2.66. The molecule has 1 heterocycles. The number of pyridine rings is 1. The third-order valence-corrected chi connectivity index (χ3v) is 1.32. The summed E-state index contributed by atoms with van der Waals surface area (Å²) in [5, 5.41) is 0. The van der Waals surface area contributed by atoms with Crippen molar-refractivity contribution in [2.75, 3.05) is 0 Å². The van der Waals surface area contributed by atoms with Gasteiger partial charge in [0.25, 0.3) is 0 Å². The monoisotopic (exact) mass is 154 g/mol. The van der Waals surface area contributed by atoms with Crippen molar-refractivity contribution in [3.63, 3.8) is 0 Å². The molecule has 1 atom stereocenters. The van der Waals surface area contributed by atoms with Crippen LogP contribution < -0.4 is 5.73 Å². The number of hydrogen-bond acceptors (Lipinski definition) is 2. The van der Waals surface area contributed by atoms with E-state index in [0.717, 1.165) is 5.69 Å². The van der Waals surface area contributed by atoms with Crippen molar-refractivity contribution in [3.05, 3.63) is 29.8 Å². The Labute approximate surface area is 65.3 Å². The van der Waals surface area contributed by atoms with Gasteiger partial charge in [0.2, 0.25) is 0 Å². The molecule has 1 aromatic heterocycles. The Morgan fingerprint density at radius 1 is 1.64 bits per heavy atom. The largest absolute Gasteiger partial charge is 0.328 e. The van der Waals surface area contributed by atoms with E-state index in [2.05, 4.69) is 4.98 Å². The minimum atomic E-state index is -0.307. The Hall–Kier alpha value is -0.960. The first-order valence-electron chi connectivity index (χ1n) is 3.54. The van der Waals surface area contributed by atoms with Crippen molar-refractivity contribution in [1.29, 1.82) is 0 Å². The second-order valence-corrected chi connectivity index (χ2v) is 2.65. The van der Waals surface area contributed by atoms with Crippen LogP contribution in [0.5, 0.6) is 0 Å². The number of rotatable bonds is 2. The molecule has 0 aliphatic rings. The summed E-state index contributed by atoms with van der Waals surface area (Å²) in [6.07, 6.45) is 1.90. The van der Waals surface area contributed by atoms with Crippen molar-refractivity contribution in [2.45, 2.75) is 19.4 Å². The summed E-state index contributed by atoms with van der Waals surface area (Å²) in [7, 11) is 0. The summed E-state index contributed by atoms with van der Waals surface area (Å²) in [5.41, 5.74) is 6.36. The molecule has 0 bridgehead atoms. The predicted octanol–water partition coefficient (Wildman–Crippen LogP) is 1.11. The number of aromatic nitrogens is 1. The fraction of sp³-hybridized carbons (Fsp3) is 0.375. The molecular formula is C8H11FN2. The van der Waals surface area contributed by atoms with Crippen LogP contribution in [-0.4, -0.2) is 11.0 Å². The first kappa shape index (κ1) is 8.14. The number of halogens is 1. The molecule has 0 aliphatic carbocycles. The van der Waals surface area contributed by atoms with Crippen LogP contribution in [-0.2, 0) is 6.42 Å². The van der Waals surface area contributed by atoms with E-state index in [0.29, 0.717) is 6.42 Å². The summed E-state index contributed by atoms with van der Waals surface area (Å²) >= 11 is 0. The quantitative estimate of drug-likeness (QED) is 0.693. The van der Waals surface area contributed by atoms with Crippen molar-refractivity contribution < 1.29 is 4.39 Å². The second kappa shape index (κ2) is 3.44. The molecule has 3 heteroatoms. The van der Waals surface area contributed by atoms with Gasteiger partial charge in [0, 0.05) is 18.2 Å². The maximum atomic E-state index is 12.3. The van der Waals surface area contributed by atoms with Crippen LogP contribution in [0.4, 0.5) is 4.39 Å². The van der Waals surface area contributed by atoms with E-state index in [-0.39, 0.29) is 11.9 Å². The molecule has 0 aliphatic heterocycles. The molecule has 1 unspecified atom stereocenters. The molecule has 11 heavy (non-hydrogen) atoms. The molecule has 0 saturated heterocycles. The molecule has 0 spiro atoms. The predicted molar refractivity (Wildman–Crippen MR) is 41.5 cm³/mol. The van der Waals surface area contributed by atoms with Gasteiger partial charge in [0.15, 0.2) is 0 Å². The molecule has 2 N–H and O–H groups in total. The van der Waals surface area contributed by atoms with Gasteiger partial charge in [-0.15, -0.1) is 0 Å². The zero-order valence-corrected chi connectivity index (χ0v) is 6.42. The van der Waals surface area contributed by atoms with Gasteiger partial charge in [-0.25, -0.2) is 4.39 Å². The van der Waals surface area contributed by atoms with Gasteiger partial charge >= 0.3 is 0 Å². The molecule has 0 radical (unpaired) electrons. The zero-order chi connectivity index (χ0) is 8.27. The molecule has 2 nitrogen and oxygen atoms in total. The summed E-state index contributed by atoms with van der Waals surface area (Å²) in [5.74, 6) is -0.307. The van der Waals surface area contributed by atoms with Crippen LogP contribution in [0, 0.1) is 5.82 Å². The van der Waals surface area contributed by atoms with E-state index < -0.39 is 0 Å². The van der Waals surface area contributed by atoms with Gasteiger partial charge in [-0.1, -0.05) is 0 Å². The Morgan fingerprint density at radius 3 is 2.82 bits per heavy atom. The van der Waals surface area contributed by atoms with E-state index in [9.17, 15) is 4.39 Å². The van der Waals surface area contributed by atoms with E-state index in [4.69, 9.17) is 5.73 Å². The molecule has 1 aromatic rings. The highest BCUT2D eigenvalue weighted by Crippen LogP contribution is 1.99. The SMILES string of the molecule is CC(N)Cc1ccc(F)cn1. The van der Waals surface area contributed by atoms with E-state index in [1.54, 1.807) is 6.07 Å². The van der Waals surface area contributed by atoms with Gasteiger partial charge in [-0.05, 0) is 19.1 Å². The smallest absolute Gasteiger partial charge is 0.141 e. The number of nitrogens with two attached hydrogens (primary N) is 1. The van der Waals surface area contributed by atoms with Crippen LogP contribution in [0.3, 0.4) is 0 Å².